The van der Waals surface area contributed by atoms with E-state index in [0.717, 1.165) is 6.42 Å². The van der Waals surface area contributed by atoms with E-state index < -0.39 is 0 Å². The second-order valence-electron chi connectivity index (χ2n) is 1.99. The van der Waals surface area contributed by atoms with Crippen LogP contribution in [0.2, 0.25) is 0 Å². The Balaban J connectivity index is 3.05. The van der Waals surface area contributed by atoms with Crippen molar-refractivity contribution in [3.8, 4) is 0 Å². The van der Waals surface area contributed by atoms with Crippen LogP contribution in [0, 0.1) is 0 Å². The Morgan fingerprint density at radius 2 is 2.20 bits per heavy atom. The zero-order valence-electron chi connectivity index (χ0n) is 6.30. The predicted molar refractivity (Wildman–Crippen MR) is 37.6 cm³/mol. The number of unbranched alkanes of at least 4 members (excludes halogenated alkanes) is 1. The van der Waals surface area contributed by atoms with Crippen molar-refractivity contribution in [3.63, 3.8) is 0 Å². The summed E-state index contributed by atoms with van der Waals surface area (Å²) in [6.07, 6.45) is 1.82. The van der Waals surface area contributed by atoms with Crippen molar-refractivity contribution in [3.05, 3.63) is 0 Å². The van der Waals surface area contributed by atoms with Crippen LogP contribution in [0.4, 0.5) is 0 Å². The van der Waals surface area contributed by atoms with Crippen LogP contribution in [-0.2, 0) is 9.53 Å². The Morgan fingerprint density at radius 3 is 2.70 bits per heavy atom. The summed E-state index contributed by atoms with van der Waals surface area (Å²) in [5, 5.41) is 8.36. The summed E-state index contributed by atoms with van der Waals surface area (Å²) >= 11 is 0. The van der Waals surface area contributed by atoms with E-state index >= 15 is 0 Å². The molecule has 0 amide bonds. The van der Waals surface area contributed by atoms with Gasteiger partial charge in [0.25, 0.3) is 0 Å². The molecule has 0 radical (unpaired) electrons. The van der Waals surface area contributed by atoms with E-state index in [0.29, 0.717) is 19.4 Å². The van der Waals surface area contributed by atoms with Gasteiger partial charge in [-0.3, -0.25) is 4.79 Å². The molecule has 3 nitrogen and oxygen atoms in total. The molecular weight excluding hydrogens is 132 g/mol. The Bertz CT molecular complexity index is 90.9. The highest BCUT2D eigenvalue weighted by molar-refractivity contribution is 5.69. The molecule has 0 aromatic rings. The molecule has 0 bridgehead atoms. The fourth-order valence-corrected chi connectivity index (χ4v) is 0.614. The lowest BCUT2D eigenvalue weighted by molar-refractivity contribution is -0.143. The minimum Gasteiger partial charge on any atom is -0.466 e. The lowest BCUT2D eigenvalue weighted by atomic mass is 10.2. The zero-order valence-corrected chi connectivity index (χ0v) is 6.30. The van der Waals surface area contributed by atoms with E-state index in [1.54, 1.807) is 6.92 Å². The standard InChI is InChI=1S/C7H14O3/c1-2-10-7(9)5-3-4-6-8/h8H,2-6H2,1H3. The van der Waals surface area contributed by atoms with Gasteiger partial charge in [0.1, 0.15) is 0 Å². The maximum absolute atomic E-state index is 10.6. The zero-order chi connectivity index (χ0) is 7.82. The largest absolute Gasteiger partial charge is 0.466 e. The summed E-state index contributed by atoms with van der Waals surface area (Å²) in [6.45, 7) is 2.38. The first-order chi connectivity index (χ1) is 4.81. The molecule has 0 saturated heterocycles. The fraction of sp³-hybridized carbons (Fsp3) is 0.857. The van der Waals surface area contributed by atoms with Gasteiger partial charge in [0.2, 0.25) is 0 Å². The van der Waals surface area contributed by atoms with E-state index in [1.807, 2.05) is 0 Å². The number of aliphatic hydroxyl groups excluding tert-OH is 1. The van der Waals surface area contributed by atoms with Crippen molar-refractivity contribution < 1.29 is 14.6 Å². The molecule has 3 heteroatoms. The molecule has 0 aliphatic heterocycles. The molecular formula is C7H14O3. The second kappa shape index (κ2) is 6.55. The molecule has 1 N–H and O–H groups in total. The number of aliphatic hydroxyl groups is 1. The number of esters is 1. The van der Waals surface area contributed by atoms with Gasteiger partial charge in [-0.05, 0) is 19.8 Å². The van der Waals surface area contributed by atoms with Crippen LogP contribution in [0.25, 0.3) is 0 Å². The van der Waals surface area contributed by atoms with Crippen molar-refractivity contribution in [2.24, 2.45) is 0 Å². The van der Waals surface area contributed by atoms with Crippen LogP contribution < -0.4 is 0 Å². The molecule has 0 heterocycles. The molecule has 0 saturated carbocycles. The summed E-state index contributed by atoms with van der Waals surface area (Å²) in [4.78, 5) is 10.6. The third-order valence-electron chi connectivity index (χ3n) is 1.09. The maximum Gasteiger partial charge on any atom is 0.305 e. The molecule has 0 aromatic heterocycles. The lowest BCUT2D eigenvalue weighted by Gasteiger charge is -1.98. The van der Waals surface area contributed by atoms with Crippen LogP contribution in [0.15, 0.2) is 0 Å². The van der Waals surface area contributed by atoms with Crippen molar-refractivity contribution in [1.82, 2.24) is 0 Å². The summed E-state index contributed by atoms with van der Waals surface area (Å²) in [6, 6.07) is 0. The van der Waals surface area contributed by atoms with E-state index in [2.05, 4.69) is 4.74 Å². The van der Waals surface area contributed by atoms with Crippen LogP contribution in [0.1, 0.15) is 26.2 Å². The highest BCUT2D eigenvalue weighted by Gasteiger charge is 1.98. The van der Waals surface area contributed by atoms with E-state index in [-0.39, 0.29) is 12.6 Å². The normalized spacial score (nSPS) is 9.40. The third-order valence-corrected chi connectivity index (χ3v) is 1.09. The molecule has 0 aliphatic carbocycles. The molecule has 60 valence electrons. The number of rotatable bonds is 5. The molecule has 0 aromatic carbocycles. The number of carbonyl (C=O) groups excluding carboxylic acids is 1. The Hall–Kier alpha value is -0.570. The maximum atomic E-state index is 10.6. The van der Waals surface area contributed by atoms with Gasteiger partial charge < -0.3 is 9.84 Å². The first-order valence-corrected chi connectivity index (χ1v) is 3.57. The summed E-state index contributed by atoms with van der Waals surface area (Å²) in [7, 11) is 0. The van der Waals surface area contributed by atoms with Gasteiger partial charge in [-0.1, -0.05) is 0 Å². The molecule has 0 unspecified atom stereocenters. The van der Waals surface area contributed by atoms with E-state index in [1.165, 1.54) is 0 Å². The van der Waals surface area contributed by atoms with Gasteiger partial charge in [-0.15, -0.1) is 0 Å². The predicted octanol–water partition coefficient (Wildman–Crippen LogP) is 0.712. The molecule has 0 spiro atoms. The molecule has 0 fully saturated rings. The minimum absolute atomic E-state index is 0.152. The fourth-order valence-electron chi connectivity index (χ4n) is 0.614. The van der Waals surface area contributed by atoms with Crippen LogP contribution in [-0.4, -0.2) is 24.3 Å². The van der Waals surface area contributed by atoms with Crippen molar-refractivity contribution in [1.29, 1.82) is 0 Å². The van der Waals surface area contributed by atoms with Crippen molar-refractivity contribution in [2.75, 3.05) is 13.2 Å². The molecule has 0 rings (SSSR count). The third kappa shape index (κ3) is 5.56. The highest BCUT2D eigenvalue weighted by atomic mass is 16.5. The summed E-state index contributed by atoms with van der Waals surface area (Å²) < 4.78 is 4.67. The van der Waals surface area contributed by atoms with Crippen LogP contribution in [0.5, 0.6) is 0 Å². The number of hydrogen-bond acceptors (Lipinski definition) is 3. The minimum atomic E-state index is -0.170. The average Bonchev–Trinajstić information content (AvgIpc) is 1.89. The topological polar surface area (TPSA) is 46.5 Å². The van der Waals surface area contributed by atoms with Crippen molar-refractivity contribution >= 4 is 5.97 Å². The van der Waals surface area contributed by atoms with E-state index in [4.69, 9.17) is 5.11 Å². The van der Waals surface area contributed by atoms with Crippen LogP contribution >= 0.6 is 0 Å². The SMILES string of the molecule is CCOC(=O)CCCCO. The lowest BCUT2D eigenvalue weighted by Crippen LogP contribution is -2.03. The van der Waals surface area contributed by atoms with E-state index in [9.17, 15) is 4.79 Å². The Kier molecular flexibility index (Phi) is 6.18. The quantitative estimate of drug-likeness (QED) is 0.459. The number of hydrogen-bond donors (Lipinski definition) is 1. The van der Waals surface area contributed by atoms with Crippen LogP contribution in [0.3, 0.4) is 0 Å². The Morgan fingerprint density at radius 1 is 1.50 bits per heavy atom. The summed E-state index contributed by atoms with van der Waals surface area (Å²) in [5.74, 6) is -0.170. The van der Waals surface area contributed by atoms with Gasteiger partial charge >= 0.3 is 5.97 Å². The van der Waals surface area contributed by atoms with Gasteiger partial charge in [0, 0.05) is 13.0 Å². The monoisotopic (exact) mass is 146 g/mol. The van der Waals surface area contributed by atoms with Gasteiger partial charge in [0.05, 0.1) is 6.61 Å². The highest BCUT2D eigenvalue weighted by Crippen LogP contribution is 1.95. The molecule has 0 aliphatic rings. The summed E-state index contributed by atoms with van der Waals surface area (Å²) in [5.41, 5.74) is 0. The van der Waals surface area contributed by atoms with Gasteiger partial charge in [-0.2, -0.15) is 0 Å². The van der Waals surface area contributed by atoms with Gasteiger partial charge in [0.15, 0.2) is 0 Å². The number of ether oxygens (including phenoxy) is 1. The first-order valence-electron chi connectivity index (χ1n) is 3.57. The first kappa shape index (κ1) is 9.43. The smallest absolute Gasteiger partial charge is 0.305 e. The average molecular weight is 146 g/mol. The second-order valence-corrected chi connectivity index (χ2v) is 1.99. The van der Waals surface area contributed by atoms with Crippen molar-refractivity contribution in [2.45, 2.75) is 26.2 Å². The van der Waals surface area contributed by atoms with Gasteiger partial charge in [-0.25, -0.2) is 0 Å². The molecule has 0 atom stereocenters. The Labute approximate surface area is 61.0 Å². The molecule has 10 heavy (non-hydrogen) atoms. The number of carbonyl (C=O) groups is 1.